The molecular formula is C28H27N3O5. The largest absolute Gasteiger partial charge is 0.494 e. The molecule has 3 aromatic carbocycles. The maximum absolute atomic E-state index is 13.0. The molecule has 8 heteroatoms. The molecule has 8 nitrogen and oxygen atoms in total. The highest BCUT2D eigenvalue weighted by molar-refractivity contribution is 6.34. The first kappa shape index (κ1) is 24.5. The number of amides is 2. The fourth-order valence-corrected chi connectivity index (χ4v) is 3.82. The molecule has 3 aromatic rings. The second-order valence-electron chi connectivity index (χ2n) is 8.40. The van der Waals surface area contributed by atoms with Gasteiger partial charge < -0.3 is 20.9 Å². The Morgan fingerprint density at radius 1 is 0.917 bits per heavy atom. The van der Waals surface area contributed by atoms with Crippen LogP contribution < -0.4 is 21.1 Å². The maximum atomic E-state index is 13.0. The Morgan fingerprint density at radius 3 is 2.31 bits per heavy atom. The van der Waals surface area contributed by atoms with Gasteiger partial charge in [0.05, 0.1) is 23.4 Å². The van der Waals surface area contributed by atoms with Crippen LogP contribution in [0.5, 0.6) is 5.75 Å². The van der Waals surface area contributed by atoms with Gasteiger partial charge in [0.15, 0.2) is 0 Å². The number of unbranched alkanes of at least 4 members (excludes halogenated alkanes) is 1. The number of anilines is 3. The van der Waals surface area contributed by atoms with Gasteiger partial charge >= 0.3 is 5.97 Å². The summed E-state index contributed by atoms with van der Waals surface area (Å²) in [6.45, 7) is 2.72. The Balaban J connectivity index is 1.42. The van der Waals surface area contributed by atoms with Gasteiger partial charge in [-0.3, -0.25) is 9.59 Å². The number of hydrogen-bond donors (Lipinski definition) is 2. The molecule has 0 aromatic heterocycles. The van der Waals surface area contributed by atoms with E-state index in [1.165, 1.54) is 12.2 Å². The molecule has 0 unspecified atom stereocenters. The summed E-state index contributed by atoms with van der Waals surface area (Å²) in [5.74, 6) is -0.707. The number of carbonyl (C=O) groups is 3. The van der Waals surface area contributed by atoms with Crippen molar-refractivity contribution in [3.8, 4) is 5.75 Å². The Morgan fingerprint density at radius 2 is 1.61 bits per heavy atom. The van der Waals surface area contributed by atoms with Crippen molar-refractivity contribution in [3.05, 3.63) is 89.0 Å². The zero-order valence-corrected chi connectivity index (χ0v) is 19.9. The van der Waals surface area contributed by atoms with Crippen LogP contribution in [0.15, 0.2) is 66.7 Å². The van der Waals surface area contributed by atoms with Crippen molar-refractivity contribution < 1.29 is 23.9 Å². The van der Waals surface area contributed by atoms with Gasteiger partial charge in [-0.25, -0.2) is 9.69 Å². The molecule has 0 bridgehead atoms. The van der Waals surface area contributed by atoms with Crippen molar-refractivity contribution in [2.24, 2.45) is 0 Å². The zero-order chi connectivity index (χ0) is 25.7. The van der Waals surface area contributed by atoms with Crippen LogP contribution in [0.1, 0.15) is 51.6 Å². The summed E-state index contributed by atoms with van der Waals surface area (Å²) < 4.78 is 10.9. The van der Waals surface area contributed by atoms with Gasteiger partial charge in [0.25, 0.3) is 11.8 Å². The number of nitrogen functional groups attached to an aromatic ring is 2. The van der Waals surface area contributed by atoms with Gasteiger partial charge in [-0.1, -0.05) is 19.4 Å². The third-order valence-corrected chi connectivity index (χ3v) is 5.60. The maximum Gasteiger partial charge on any atom is 0.331 e. The molecule has 1 aliphatic heterocycles. The molecule has 0 atom stereocenters. The van der Waals surface area contributed by atoms with Gasteiger partial charge in [-0.2, -0.15) is 0 Å². The predicted octanol–water partition coefficient (Wildman–Crippen LogP) is 4.59. The van der Waals surface area contributed by atoms with Crippen LogP contribution in [0, 0.1) is 0 Å². The van der Waals surface area contributed by atoms with Crippen molar-refractivity contribution in [3.63, 3.8) is 0 Å². The normalized spacial score (nSPS) is 12.8. The fraction of sp³-hybridized carbons (Fsp3) is 0.179. The van der Waals surface area contributed by atoms with Crippen LogP contribution in [-0.2, 0) is 16.1 Å². The van der Waals surface area contributed by atoms with E-state index in [1.54, 1.807) is 60.7 Å². The van der Waals surface area contributed by atoms with E-state index in [0.29, 0.717) is 46.1 Å². The number of ether oxygens (including phenoxy) is 2. The first-order valence-electron chi connectivity index (χ1n) is 11.6. The lowest BCUT2D eigenvalue weighted by molar-refractivity contribution is -0.138. The molecule has 0 radical (unpaired) electrons. The third-order valence-electron chi connectivity index (χ3n) is 5.60. The van der Waals surface area contributed by atoms with Crippen LogP contribution in [0.3, 0.4) is 0 Å². The summed E-state index contributed by atoms with van der Waals surface area (Å²) in [7, 11) is 0. The minimum Gasteiger partial charge on any atom is -0.494 e. The summed E-state index contributed by atoms with van der Waals surface area (Å²) >= 11 is 0. The Labute approximate surface area is 209 Å². The Bertz CT molecular complexity index is 1310. The highest BCUT2D eigenvalue weighted by Crippen LogP contribution is 2.30. The van der Waals surface area contributed by atoms with Crippen LogP contribution in [-0.4, -0.2) is 24.4 Å². The van der Waals surface area contributed by atoms with Gasteiger partial charge in [-0.05, 0) is 78.2 Å². The van der Waals surface area contributed by atoms with E-state index in [1.807, 2.05) is 0 Å². The van der Waals surface area contributed by atoms with Crippen LogP contribution in [0.25, 0.3) is 6.08 Å². The lowest BCUT2D eigenvalue weighted by atomic mass is 10.1. The first-order valence-corrected chi connectivity index (χ1v) is 11.6. The SMILES string of the molecule is CCCCOc1ccc(N2C(=O)c3ccc(/C=C/C(=O)OCc4cc(N)cc(N)c4)cc3C2=O)cc1. The molecule has 0 saturated heterocycles. The van der Waals surface area contributed by atoms with Gasteiger partial charge in [0, 0.05) is 17.5 Å². The molecule has 1 heterocycles. The third kappa shape index (κ3) is 5.55. The fourth-order valence-electron chi connectivity index (χ4n) is 3.82. The van der Waals surface area contributed by atoms with Gasteiger partial charge in [0.2, 0.25) is 0 Å². The summed E-state index contributed by atoms with van der Waals surface area (Å²) in [6.07, 6.45) is 4.77. The van der Waals surface area contributed by atoms with Crippen molar-refractivity contribution >= 4 is 40.9 Å². The molecule has 0 fully saturated rings. The zero-order valence-electron chi connectivity index (χ0n) is 19.9. The highest BCUT2D eigenvalue weighted by Gasteiger charge is 2.36. The number of hydrogen-bond acceptors (Lipinski definition) is 7. The molecule has 0 aliphatic carbocycles. The molecular weight excluding hydrogens is 458 g/mol. The van der Waals surface area contributed by atoms with E-state index in [4.69, 9.17) is 20.9 Å². The van der Waals surface area contributed by atoms with Crippen LogP contribution in [0.2, 0.25) is 0 Å². The van der Waals surface area contributed by atoms with E-state index in [0.717, 1.165) is 17.7 Å². The molecule has 0 saturated carbocycles. The molecule has 1 aliphatic rings. The monoisotopic (exact) mass is 485 g/mol. The topological polar surface area (TPSA) is 125 Å². The minimum atomic E-state index is -0.568. The number of fused-ring (bicyclic) bond motifs is 1. The number of nitrogens with two attached hydrogens (primary N) is 2. The number of benzene rings is 3. The minimum absolute atomic E-state index is 0.0208. The van der Waals surface area contributed by atoms with E-state index in [2.05, 4.69) is 6.92 Å². The quantitative estimate of drug-likeness (QED) is 0.149. The second-order valence-corrected chi connectivity index (χ2v) is 8.40. The summed E-state index contributed by atoms with van der Waals surface area (Å²) in [5.41, 5.74) is 14.8. The Kier molecular flexibility index (Phi) is 7.34. The summed E-state index contributed by atoms with van der Waals surface area (Å²) in [5, 5.41) is 0. The van der Waals surface area contributed by atoms with E-state index in [-0.39, 0.29) is 12.2 Å². The first-order chi connectivity index (χ1) is 17.4. The van der Waals surface area contributed by atoms with Crippen molar-refractivity contribution in [2.75, 3.05) is 23.0 Å². The molecule has 2 amide bonds. The highest BCUT2D eigenvalue weighted by atomic mass is 16.5. The molecule has 36 heavy (non-hydrogen) atoms. The lowest BCUT2D eigenvalue weighted by Gasteiger charge is -2.14. The standard InChI is InChI=1S/C28H27N3O5/c1-2-3-12-35-23-8-6-22(7-9-23)31-27(33)24-10-4-18(15-25(24)28(31)34)5-11-26(32)36-17-19-13-20(29)16-21(30)14-19/h4-11,13-16H,2-3,12,17,29-30H2,1H3/b11-5+. The smallest absolute Gasteiger partial charge is 0.331 e. The van der Waals surface area contributed by atoms with Gasteiger partial charge in [-0.15, -0.1) is 0 Å². The van der Waals surface area contributed by atoms with Crippen molar-refractivity contribution in [2.45, 2.75) is 26.4 Å². The van der Waals surface area contributed by atoms with Crippen LogP contribution >= 0.6 is 0 Å². The molecule has 0 spiro atoms. The number of imide groups is 1. The van der Waals surface area contributed by atoms with Crippen molar-refractivity contribution in [1.29, 1.82) is 0 Å². The average molecular weight is 486 g/mol. The van der Waals surface area contributed by atoms with Gasteiger partial charge in [0.1, 0.15) is 12.4 Å². The van der Waals surface area contributed by atoms with Crippen molar-refractivity contribution in [1.82, 2.24) is 0 Å². The predicted molar refractivity (Wildman–Crippen MR) is 139 cm³/mol. The number of esters is 1. The van der Waals surface area contributed by atoms with E-state index in [9.17, 15) is 14.4 Å². The molecule has 184 valence electrons. The number of rotatable bonds is 9. The van der Waals surface area contributed by atoms with E-state index < -0.39 is 17.8 Å². The Hall–Kier alpha value is -4.59. The number of carbonyl (C=O) groups excluding carboxylic acids is 3. The summed E-state index contributed by atoms with van der Waals surface area (Å²) in [6, 6.07) is 16.7. The second kappa shape index (κ2) is 10.8. The summed E-state index contributed by atoms with van der Waals surface area (Å²) in [4.78, 5) is 39.2. The van der Waals surface area contributed by atoms with Crippen LogP contribution in [0.4, 0.5) is 17.1 Å². The average Bonchev–Trinajstić information content (AvgIpc) is 3.11. The molecule has 4 rings (SSSR count). The van der Waals surface area contributed by atoms with E-state index >= 15 is 0 Å². The lowest BCUT2D eigenvalue weighted by Crippen LogP contribution is -2.29. The number of nitrogens with zero attached hydrogens (tertiary/aromatic N) is 1. The molecule has 4 N–H and O–H groups in total.